The third-order valence-corrected chi connectivity index (χ3v) is 3.85. The Bertz CT molecular complexity index is 775. The molecule has 0 bridgehead atoms. The number of carbonyl (C=O) groups is 1. The average Bonchev–Trinajstić information content (AvgIpc) is 3.06. The highest BCUT2D eigenvalue weighted by Crippen LogP contribution is 2.32. The maximum atomic E-state index is 11.8. The van der Waals surface area contributed by atoms with Gasteiger partial charge in [0.1, 0.15) is 5.75 Å². The molecule has 0 saturated carbocycles. The van der Waals surface area contributed by atoms with Crippen molar-refractivity contribution in [3.63, 3.8) is 0 Å². The molecule has 0 spiro atoms. The molecule has 0 radical (unpaired) electrons. The minimum Gasteiger partial charge on any atom is -0.484 e. The molecule has 1 heterocycles. The molecule has 2 aromatic carbocycles. The molecule has 0 saturated heterocycles. The molecule has 1 aliphatic heterocycles. The molecular formula is C17H15BrN2O4. The van der Waals surface area contributed by atoms with Crippen molar-refractivity contribution in [1.29, 1.82) is 0 Å². The number of benzene rings is 2. The minimum atomic E-state index is -0.335. The summed E-state index contributed by atoms with van der Waals surface area (Å²) >= 11 is 3.34. The van der Waals surface area contributed by atoms with Gasteiger partial charge in [0.05, 0.1) is 5.71 Å². The number of nitrogens with one attached hydrogen (secondary N) is 1. The Kier molecular flexibility index (Phi) is 5.00. The summed E-state index contributed by atoms with van der Waals surface area (Å²) in [6.07, 6.45) is 0. The second-order valence-corrected chi connectivity index (χ2v) is 5.96. The molecular weight excluding hydrogens is 376 g/mol. The quantitative estimate of drug-likeness (QED) is 0.628. The van der Waals surface area contributed by atoms with Crippen molar-refractivity contribution in [1.82, 2.24) is 5.43 Å². The monoisotopic (exact) mass is 390 g/mol. The van der Waals surface area contributed by atoms with Crippen LogP contribution in [0.5, 0.6) is 17.2 Å². The van der Waals surface area contributed by atoms with Crippen molar-refractivity contribution in [2.75, 3.05) is 13.4 Å². The van der Waals surface area contributed by atoms with Gasteiger partial charge in [0.25, 0.3) is 5.91 Å². The normalized spacial score (nSPS) is 12.8. The second-order valence-electron chi connectivity index (χ2n) is 5.04. The lowest BCUT2D eigenvalue weighted by Gasteiger charge is -2.06. The number of ether oxygens (including phenoxy) is 3. The van der Waals surface area contributed by atoms with Gasteiger partial charge in [-0.2, -0.15) is 5.10 Å². The summed E-state index contributed by atoms with van der Waals surface area (Å²) in [4.78, 5) is 11.8. The molecule has 0 aromatic heterocycles. The molecule has 7 heteroatoms. The van der Waals surface area contributed by atoms with E-state index in [0.29, 0.717) is 23.0 Å². The average molecular weight is 391 g/mol. The smallest absolute Gasteiger partial charge is 0.277 e. The van der Waals surface area contributed by atoms with Crippen molar-refractivity contribution in [3.8, 4) is 17.2 Å². The van der Waals surface area contributed by atoms with Crippen molar-refractivity contribution in [3.05, 3.63) is 52.5 Å². The van der Waals surface area contributed by atoms with Crippen LogP contribution in [-0.4, -0.2) is 25.0 Å². The number of nitrogens with zero attached hydrogens (tertiary/aromatic N) is 1. The maximum absolute atomic E-state index is 11.8. The Morgan fingerprint density at radius 3 is 2.75 bits per heavy atom. The Morgan fingerprint density at radius 1 is 1.21 bits per heavy atom. The lowest BCUT2D eigenvalue weighted by atomic mass is 10.1. The molecule has 1 aliphatic rings. The molecule has 24 heavy (non-hydrogen) atoms. The lowest BCUT2D eigenvalue weighted by molar-refractivity contribution is -0.123. The zero-order valence-electron chi connectivity index (χ0n) is 12.9. The molecule has 124 valence electrons. The summed E-state index contributed by atoms with van der Waals surface area (Å²) in [6, 6.07) is 12.7. The van der Waals surface area contributed by atoms with Crippen molar-refractivity contribution >= 4 is 27.5 Å². The van der Waals surface area contributed by atoms with Gasteiger partial charge in [-0.05, 0) is 49.4 Å². The zero-order valence-corrected chi connectivity index (χ0v) is 14.5. The van der Waals surface area contributed by atoms with Crippen LogP contribution in [0, 0.1) is 0 Å². The van der Waals surface area contributed by atoms with Gasteiger partial charge < -0.3 is 14.2 Å². The van der Waals surface area contributed by atoms with Crippen LogP contribution in [0.4, 0.5) is 0 Å². The second kappa shape index (κ2) is 7.35. The van der Waals surface area contributed by atoms with E-state index in [1.54, 1.807) is 19.1 Å². The number of rotatable bonds is 5. The van der Waals surface area contributed by atoms with Gasteiger partial charge in [-0.25, -0.2) is 5.43 Å². The molecule has 0 fully saturated rings. The first-order valence-corrected chi connectivity index (χ1v) is 8.02. The number of amides is 1. The zero-order chi connectivity index (χ0) is 16.9. The Hall–Kier alpha value is -2.54. The van der Waals surface area contributed by atoms with Gasteiger partial charge in [-0.3, -0.25) is 4.79 Å². The largest absolute Gasteiger partial charge is 0.484 e. The van der Waals surface area contributed by atoms with E-state index in [9.17, 15) is 4.79 Å². The van der Waals surface area contributed by atoms with Crippen LogP contribution in [-0.2, 0) is 4.79 Å². The summed E-state index contributed by atoms with van der Waals surface area (Å²) in [6.45, 7) is 1.91. The molecule has 1 N–H and O–H groups in total. The Balaban J connectivity index is 1.54. The molecule has 0 aliphatic carbocycles. The molecule has 2 aromatic rings. The number of hydrazone groups is 1. The van der Waals surface area contributed by atoms with E-state index in [1.165, 1.54) is 0 Å². The summed E-state index contributed by atoms with van der Waals surface area (Å²) in [7, 11) is 0. The van der Waals surface area contributed by atoms with Crippen LogP contribution in [0.1, 0.15) is 12.5 Å². The molecule has 6 nitrogen and oxygen atoms in total. The molecule has 0 atom stereocenters. The van der Waals surface area contributed by atoms with Crippen LogP contribution >= 0.6 is 15.9 Å². The van der Waals surface area contributed by atoms with Crippen LogP contribution in [0.15, 0.2) is 52.0 Å². The summed E-state index contributed by atoms with van der Waals surface area (Å²) in [5.74, 6) is 1.66. The fourth-order valence-electron chi connectivity index (χ4n) is 2.04. The van der Waals surface area contributed by atoms with Crippen molar-refractivity contribution < 1.29 is 19.0 Å². The number of hydrogen-bond acceptors (Lipinski definition) is 5. The predicted molar refractivity (Wildman–Crippen MR) is 92.6 cm³/mol. The predicted octanol–water partition coefficient (Wildman–Crippen LogP) is 3.10. The number of hydrogen-bond donors (Lipinski definition) is 1. The van der Waals surface area contributed by atoms with Gasteiger partial charge in [-0.1, -0.05) is 15.9 Å². The van der Waals surface area contributed by atoms with Gasteiger partial charge in [0, 0.05) is 10.0 Å². The number of carbonyl (C=O) groups excluding carboxylic acids is 1. The lowest BCUT2D eigenvalue weighted by Crippen LogP contribution is -2.25. The highest BCUT2D eigenvalue weighted by molar-refractivity contribution is 9.10. The maximum Gasteiger partial charge on any atom is 0.277 e. The third-order valence-electron chi connectivity index (χ3n) is 3.32. The van der Waals surface area contributed by atoms with Crippen molar-refractivity contribution in [2.45, 2.75) is 6.92 Å². The van der Waals surface area contributed by atoms with E-state index in [4.69, 9.17) is 14.2 Å². The first kappa shape index (κ1) is 16.3. The number of fused-ring (bicyclic) bond motifs is 1. The molecule has 3 rings (SSSR count). The fraction of sp³-hybridized carbons (Fsp3) is 0.176. The summed E-state index contributed by atoms with van der Waals surface area (Å²) in [5.41, 5.74) is 3.97. The van der Waals surface area contributed by atoms with E-state index in [-0.39, 0.29) is 19.3 Å². The SMILES string of the molecule is C/C(=N/NC(=O)COc1ccc(Br)cc1)c1ccc2c(c1)OCO2. The van der Waals surface area contributed by atoms with Crippen LogP contribution in [0.3, 0.4) is 0 Å². The van der Waals surface area contributed by atoms with Crippen LogP contribution < -0.4 is 19.6 Å². The molecule has 1 amide bonds. The van der Waals surface area contributed by atoms with Gasteiger partial charge in [-0.15, -0.1) is 0 Å². The standard InChI is InChI=1S/C17H15BrN2O4/c1-11(12-2-7-15-16(8-12)24-10-23-15)19-20-17(21)9-22-14-5-3-13(18)4-6-14/h2-8H,9-10H2,1H3,(H,20,21)/b19-11-. The Labute approximate surface area is 147 Å². The minimum absolute atomic E-state index is 0.112. The highest BCUT2D eigenvalue weighted by Gasteiger charge is 2.14. The first-order valence-electron chi connectivity index (χ1n) is 7.23. The summed E-state index contributed by atoms with van der Waals surface area (Å²) < 4.78 is 16.9. The van der Waals surface area contributed by atoms with Gasteiger partial charge in [0.15, 0.2) is 18.1 Å². The van der Waals surface area contributed by atoms with Crippen molar-refractivity contribution in [2.24, 2.45) is 5.10 Å². The van der Waals surface area contributed by atoms with Crippen LogP contribution in [0.2, 0.25) is 0 Å². The van der Waals surface area contributed by atoms with Gasteiger partial charge >= 0.3 is 0 Å². The topological polar surface area (TPSA) is 69.2 Å². The van der Waals surface area contributed by atoms with Gasteiger partial charge in [0.2, 0.25) is 6.79 Å². The van der Waals surface area contributed by atoms with E-state index in [1.807, 2.05) is 30.3 Å². The van der Waals surface area contributed by atoms with Crippen LogP contribution in [0.25, 0.3) is 0 Å². The van der Waals surface area contributed by atoms with E-state index in [2.05, 4.69) is 26.5 Å². The Morgan fingerprint density at radius 2 is 1.96 bits per heavy atom. The van der Waals surface area contributed by atoms with E-state index < -0.39 is 0 Å². The van der Waals surface area contributed by atoms with E-state index >= 15 is 0 Å². The fourth-order valence-corrected chi connectivity index (χ4v) is 2.31. The highest BCUT2D eigenvalue weighted by atomic mass is 79.9. The van der Waals surface area contributed by atoms with E-state index in [0.717, 1.165) is 10.0 Å². The summed E-state index contributed by atoms with van der Waals surface area (Å²) in [5, 5.41) is 4.08. The third kappa shape index (κ3) is 4.05. The number of halogens is 1. The first-order chi connectivity index (χ1) is 11.6. The molecule has 0 unspecified atom stereocenters.